The van der Waals surface area contributed by atoms with Gasteiger partial charge in [0.05, 0.1) is 4.90 Å². The third kappa shape index (κ3) is 19.1. The third-order valence-electron chi connectivity index (χ3n) is 5.33. The predicted octanol–water partition coefficient (Wildman–Crippen LogP) is 7.48. The van der Waals surface area contributed by atoms with Crippen LogP contribution in [-0.2, 0) is 10.1 Å². The zero-order valence-corrected chi connectivity index (χ0v) is 20.3. The molecular formula is C25H46O4S. The van der Waals surface area contributed by atoms with E-state index in [1.165, 1.54) is 108 Å². The van der Waals surface area contributed by atoms with Crippen LogP contribution in [0.1, 0.15) is 115 Å². The topological polar surface area (TPSA) is 74.6 Å². The molecule has 1 rings (SSSR count). The average molecular weight is 443 g/mol. The SMILES string of the molecule is CCCCCCCCCCCCCCCCCCO.Cc1ccc(S(=O)(=O)O)cc1. The first-order valence-corrected chi connectivity index (χ1v) is 13.5. The maximum Gasteiger partial charge on any atom is 0.294 e. The van der Waals surface area contributed by atoms with Crippen LogP contribution >= 0.6 is 0 Å². The van der Waals surface area contributed by atoms with Crippen LogP contribution in [0.2, 0.25) is 0 Å². The molecule has 0 unspecified atom stereocenters. The molecule has 0 saturated carbocycles. The van der Waals surface area contributed by atoms with Gasteiger partial charge in [0.1, 0.15) is 0 Å². The number of unbranched alkanes of at least 4 members (excludes halogenated alkanes) is 15. The van der Waals surface area contributed by atoms with Gasteiger partial charge in [0, 0.05) is 6.61 Å². The molecule has 0 saturated heterocycles. The minimum atomic E-state index is -4.02. The van der Waals surface area contributed by atoms with Gasteiger partial charge >= 0.3 is 0 Å². The van der Waals surface area contributed by atoms with Gasteiger partial charge in [-0.1, -0.05) is 121 Å². The van der Waals surface area contributed by atoms with E-state index in [-0.39, 0.29) is 4.90 Å². The molecule has 0 aliphatic carbocycles. The highest BCUT2D eigenvalue weighted by Gasteiger charge is 2.06. The average Bonchev–Trinajstić information content (AvgIpc) is 2.71. The third-order valence-corrected chi connectivity index (χ3v) is 6.20. The van der Waals surface area contributed by atoms with Crippen LogP contribution in [0, 0.1) is 6.92 Å². The highest BCUT2D eigenvalue weighted by atomic mass is 32.2. The van der Waals surface area contributed by atoms with Crippen LogP contribution in [0.15, 0.2) is 29.2 Å². The molecule has 4 nitrogen and oxygen atoms in total. The van der Waals surface area contributed by atoms with Gasteiger partial charge < -0.3 is 5.11 Å². The zero-order valence-electron chi connectivity index (χ0n) is 19.4. The van der Waals surface area contributed by atoms with Crippen LogP contribution in [0.4, 0.5) is 0 Å². The van der Waals surface area contributed by atoms with E-state index in [1.807, 2.05) is 6.92 Å². The van der Waals surface area contributed by atoms with Crippen LogP contribution in [0.25, 0.3) is 0 Å². The van der Waals surface area contributed by atoms with E-state index in [0.29, 0.717) is 6.61 Å². The number of aliphatic hydroxyl groups excluding tert-OH is 1. The van der Waals surface area contributed by atoms with Gasteiger partial charge in [-0.15, -0.1) is 0 Å². The Morgan fingerprint density at radius 3 is 1.27 bits per heavy atom. The molecule has 0 aliphatic heterocycles. The van der Waals surface area contributed by atoms with Crippen molar-refractivity contribution in [2.24, 2.45) is 0 Å². The Bertz CT molecular complexity index is 566. The van der Waals surface area contributed by atoms with Crippen molar-refractivity contribution in [3.8, 4) is 0 Å². The van der Waals surface area contributed by atoms with Crippen molar-refractivity contribution in [3.05, 3.63) is 29.8 Å². The van der Waals surface area contributed by atoms with Crippen molar-refractivity contribution in [2.45, 2.75) is 121 Å². The Labute approximate surface area is 186 Å². The molecule has 2 N–H and O–H groups in total. The number of aryl methyl sites for hydroxylation is 1. The maximum atomic E-state index is 10.5. The first-order chi connectivity index (χ1) is 14.4. The van der Waals surface area contributed by atoms with Gasteiger partial charge in [0.25, 0.3) is 10.1 Å². The van der Waals surface area contributed by atoms with E-state index in [4.69, 9.17) is 9.66 Å². The van der Waals surface area contributed by atoms with Crippen molar-refractivity contribution in [1.29, 1.82) is 0 Å². The second kappa shape index (κ2) is 20.0. The first kappa shape index (κ1) is 29.1. The second-order valence-electron chi connectivity index (χ2n) is 8.32. The minimum Gasteiger partial charge on any atom is -0.396 e. The summed E-state index contributed by atoms with van der Waals surface area (Å²) in [6.45, 7) is 4.50. The molecule has 0 fully saturated rings. The zero-order chi connectivity index (χ0) is 22.5. The quantitative estimate of drug-likeness (QED) is 0.194. The highest BCUT2D eigenvalue weighted by molar-refractivity contribution is 7.85. The minimum absolute atomic E-state index is 0.0666. The van der Waals surface area contributed by atoms with Crippen LogP contribution < -0.4 is 0 Å². The van der Waals surface area contributed by atoms with Crippen molar-refractivity contribution in [2.75, 3.05) is 6.61 Å². The Kier molecular flexibility index (Phi) is 19.4. The summed E-state index contributed by atoms with van der Waals surface area (Å²) in [5.41, 5.74) is 0.956. The van der Waals surface area contributed by atoms with Crippen LogP contribution in [0.3, 0.4) is 0 Å². The smallest absolute Gasteiger partial charge is 0.294 e. The lowest BCUT2D eigenvalue weighted by Crippen LogP contribution is -1.96. The molecule has 1 aromatic rings. The normalized spacial score (nSPS) is 11.2. The summed E-state index contributed by atoms with van der Waals surface area (Å²) in [6.07, 6.45) is 22.2. The second-order valence-corrected chi connectivity index (χ2v) is 9.74. The lowest BCUT2D eigenvalue weighted by atomic mass is 10.0. The fourth-order valence-corrected chi connectivity index (χ4v) is 3.85. The van der Waals surface area contributed by atoms with Gasteiger partial charge in [0.2, 0.25) is 0 Å². The first-order valence-electron chi connectivity index (χ1n) is 12.1. The summed E-state index contributed by atoms with van der Waals surface area (Å²) < 4.78 is 29.6. The fourth-order valence-electron chi connectivity index (χ4n) is 3.37. The van der Waals surface area contributed by atoms with E-state index < -0.39 is 10.1 Å². The molecule has 0 atom stereocenters. The van der Waals surface area contributed by atoms with Gasteiger partial charge in [-0.2, -0.15) is 8.42 Å². The summed E-state index contributed by atoms with van der Waals surface area (Å²) in [5.74, 6) is 0. The molecule has 0 heterocycles. The van der Waals surface area contributed by atoms with Crippen molar-refractivity contribution in [1.82, 2.24) is 0 Å². The standard InChI is InChI=1S/C18H38O.C7H8O3S/c1-2-3-4-5-6-7-8-9-10-11-12-13-14-15-16-17-18-19;1-6-2-4-7(5-3-6)11(8,9)10/h19H,2-18H2,1H3;2-5H,1H3,(H,8,9,10). The van der Waals surface area contributed by atoms with E-state index in [1.54, 1.807) is 12.1 Å². The summed E-state index contributed by atoms with van der Waals surface area (Å²) in [6, 6.07) is 5.99. The van der Waals surface area contributed by atoms with Crippen molar-refractivity contribution in [3.63, 3.8) is 0 Å². The monoisotopic (exact) mass is 442 g/mol. The molecule has 0 radical (unpaired) electrons. The molecule has 1 aromatic carbocycles. The number of hydrogen-bond donors (Lipinski definition) is 2. The molecule has 0 amide bonds. The Hall–Kier alpha value is -0.910. The van der Waals surface area contributed by atoms with E-state index in [0.717, 1.165) is 12.0 Å². The summed E-state index contributed by atoms with van der Waals surface area (Å²) in [4.78, 5) is -0.0666. The van der Waals surface area contributed by atoms with E-state index in [2.05, 4.69) is 6.92 Å². The Morgan fingerprint density at radius 2 is 0.967 bits per heavy atom. The van der Waals surface area contributed by atoms with Crippen LogP contribution in [-0.4, -0.2) is 24.7 Å². The van der Waals surface area contributed by atoms with Gasteiger partial charge in [-0.25, -0.2) is 0 Å². The summed E-state index contributed by atoms with van der Waals surface area (Å²) in [7, 11) is -4.02. The number of aliphatic hydroxyl groups is 1. The van der Waals surface area contributed by atoms with Gasteiger partial charge in [-0.05, 0) is 25.5 Å². The molecular weight excluding hydrogens is 396 g/mol. The summed E-state index contributed by atoms with van der Waals surface area (Å²) >= 11 is 0. The number of hydrogen-bond acceptors (Lipinski definition) is 3. The fraction of sp³-hybridized carbons (Fsp3) is 0.760. The highest BCUT2D eigenvalue weighted by Crippen LogP contribution is 2.13. The molecule has 0 aliphatic rings. The van der Waals surface area contributed by atoms with Crippen molar-refractivity contribution < 1.29 is 18.1 Å². The number of benzene rings is 1. The Balaban J connectivity index is 0.000000642. The lowest BCUT2D eigenvalue weighted by molar-refractivity contribution is 0.282. The Morgan fingerprint density at radius 1 is 0.633 bits per heavy atom. The van der Waals surface area contributed by atoms with Crippen molar-refractivity contribution >= 4 is 10.1 Å². The predicted molar refractivity (Wildman–Crippen MR) is 128 cm³/mol. The molecule has 0 spiro atoms. The lowest BCUT2D eigenvalue weighted by Gasteiger charge is -2.03. The molecule has 0 bridgehead atoms. The maximum absolute atomic E-state index is 10.5. The number of rotatable bonds is 17. The molecule has 5 heteroatoms. The summed E-state index contributed by atoms with van der Waals surface area (Å²) in [5, 5.41) is 8.67. The molecule has 176 valence electrons. The van der Waals surface area contributed by atoms with Crippen LogP contribution in [0.5, 0.6) is 0 Å². The van der Waals surface area contributed by atoms with E-state index in [9.17, 15) is 8.42 Å². The van der Waals surface area contributed by atoms with E-state index >= 15 is 0 Å². The molecule has 0 aromatic heterocycles. The van der Waals surface area contributed by atoms with Gasteiger partial charge in [0.15, 0.2) is 0 Å². The van der Waals surface area contributed by atoms with Gasteiger partial charge in [-0.3, -0.25) is 4.55 Å². The largest absolute Gasteiger partial charge is 0.396 e. The molecule has 30 heavy (non-hydrogen) atoms.